The Morgan fingerprint density at radius 2 is 2.00 bits per heavy atom. The molecule has 0 saturated heterocycles. The normalized spacial score (nSPS) is 18.7. The fourth-order valence-corrected chi connectivity index (χ4v) is 3.75. The quantitative estimate of drug-likeness (QED) is 0.343. The number of nitrogens with one attached hydrogen (secondary N) is 2. The van der Waals surface area contributed by atoms with Crippen LogP contribution in [0.5, 0.6) is 0 Å². The van der Waals surface area contributed by atoms with Crippen molar-refractivity contribution in [3.05, 3.63) is 58.0 Å². The highest BCUT2D eigenvalue weighted by Crippen LogP contribution is 2.39. The van der Waals surface area contributed by atoms with E-state index in [-0.39, 0.29) is 37.3 Å². The lowest BCUT2D eigenvalue weighted by Gasteiger charge is -2.34. The second-order valence-electron chi connectivity index (χ2n) is 7.66. The maximum Gasteiger partial charge on any atom is 0.349 e. The topological polar surface area (TPSA) is 105 Å². The summed E-state index contributed by atoms with van der Waals surface area (Å²) < 4.78 is 5.22. The van der Waals surface area contributed by atoms with Crippen molar-refractivity contribution >= 4 is 28.6 Å². The van der Waals surface area contributed by atoms with Gasteiger partial charge in [0.25, 0.3) is 5.91 Å². The molecule has 2 amide bonds. The van der Waals surface area contributed by atoms with Gasteiger partial charge in [-0.25, -0.2) is 4.79 Å². The van der Waals surface area contributed by atoms with Gasteiger partial charge in [0.2, 0.25) is 5.91 Å². The number of carbonyl (C=O) groups is 3. The first kappa shape index (κ1) is 21.1. The van der Waals surface area contributed by atoms with Crippen LogP contribution in [0.2, 0.25) is 0 Å². The van der Waals surface area contributed by atoms with Crippen molar-refractivity contribution in [3.8, 4) is 12.3 Å². The minimum absolute atomic E-state index is 0.0314. The second kappa shape index (κ2) is 8.37. The average Bonchev–Trinajstić information content (AvgIpc) is 2.66. The maximum absolute atomic E-state index is 12.8. The fraction of sp³-hybridized carbons (Fsp3) is 0.304. The molecule has 30 heavy (non-hydrogen) atoms. The molecule has 3 rings (SSSR count). The number of hydrogen-bond acceptors (Lipinski definition) is 5. The van der Waals surface area contributed by atoms with E-state index in [4.69, 9.17) is 10.8 Å². The Balaban J connectivity index is 1.69. The first-order chi connectivity index (χ1) is 14.2. The summed E-state index contributed by atoms with van der Waals surface area (Å²) in [6.45, 7) is 5.47. The molecule has 1 aliphatic rings. The molecule has 2 aromatic rings. The molecular formula is C23H22N2O5. The maximum atomic E-state index is 12.8. The summed E-state index contributed by atoms with van der Waals surface area (Å²) in [7, 11) is 0. The number of Topliss-reactive ketones (excluding diaryl/α,β-unsaturated/α-hetero) is 1. The standard InChI is InChI=1S/C23H22N2O5/c1-4-7-23(11-15(3)8-17(26)12-23)22(29)25-13-24-20(27)18-10-16-6-5-14(2)9-19(16)30-21(18)28/h1,5-6,9-10H,3,7-8,11-13H2,2H3,(H,24,27)(H,25,29). The zero-order chi connectivity index (χ0) is 21.9. The van der Waals surface area contributed by atoms with Gasteiger partial charge < -0.3 is 15.1 Å². The van der Waals surface area contributed by atoms with Crippen LogP contribution in [0.15, 0.2) is 45.6 Å². The minimum atomic E-state index is -1.06. The SMILES string of the molecule is C#CCC1(C(=O)NCNC(=O)c2cc3ccc(C)cc3oc2=O)CC(=C)CC(=O)C1. The van der Waals surface area contributed by atoms with Crippen LogP contribution in [0.4, 0.5) is 0 Å². The third-order valence-corrected chi connectivity index (χ3v) is 5.13. The van der Waals surface area contributed by atoms with E-state index in [1.807, 2.05) is 13.0 Å². The van der Waals surface area contributed by atoms with Crippen molar-refractivity contribution in [1.82, 2.24) is 10.6 Å². The third-order valence-electron chi connectivity index (χ3n) is 5.13. The third kappa shape index (κ3) is 4.33. The van der Waals surface area contributed by atoms with Crippen molar-refractivity contribution in [2.45, 2.75) is 32.6 Å². The number of allylic oxidation sites excluding steroid dienone is 1. The van der Waals surface area contributed by atoms with Gasteiger partial charge in [-0.05, 0) is 31.0 Å². The Hall–Kier alpha value is -3.66. The van der Waals surface area contributed by atoms with Crippen LogP contribution in [0.1, 0.15) is 41.6 Å². The van der Waals surface area contributed by atoms with Crippen molar-refractivity contribution in [2.75, 3.05) is 6.67 Å². The van der Waals surface area contributed by atoms with E-state index < -0.39 is 22.9 Å². The van der Waals surface area contributed by atoms with Gasteiger partial charge in [-0.1, -0.05) is 24.3 Å². The summed E-state index contributed by atoms with van der Waals surface area (Å²) in [4.78, 5) is 49.3. The molecular weight excluding hydrogens is 384 g/mol. The molecule has 0 radical (unpaired) electrons. The van der Waals surface area contributed by atoms with Gasteiger partial charge in [-0.2, -0.15) is 0 Å². The summed E-state index contributed by atoms with van der Waals surface area (Å²) in [5.41, 5.74) is -0.0236. The highest BCUT2D eigenvalue weighted by molar-refractivity contribution is 5.97. The van der Waals surface area contributed by atoms with E-state index in [0.717, 1.165) is 5.56 Å². The number of rotatable bonds is 5. The molecule has 1 atom stereocenters. The molecule has 1 aromatic heterocycles. The number of aryl methyl sites for hydroxylation is 1. The lowest BCUT2D eigenvalue weighted by molar-refractivity contribution is -0.137. The zero-order valence-corrected chi connectivity index (χ0v) is 16.7. The molecule has 0 bridgehead atoms. The van der Waals surface area contributed by atoms with E-state index in [1.165, 1.54) is 6.07 Å². The van der Waals surface area contributed by atoms with Gasteiger partial charge in [0.05, 0.1) is 12.1 Å². The van der Waals surface area contributed by atoms with Gasteiger partial charge >= 0.3 is 5.63 Å². The first-order valence-corrected chi connectivity index (χ1v) is 9.47. The van der Waals surface area contributed by atoms with Crippen molar-refractivity contribution in [3.63, 3.8) is 0 Å². The highest BCUT2D eigenvalue weighted by atomic mass is 16.4. The van der Waals surface area contributed by atoms with E-state index in [1.54, 1.807) is 12.1 Å². The van der Waals surface area contributed by atoms with Gasteiger partial charge in [-0.3, -0.25) is 14.4 Å². The van der Waals surface area contributed by atoms with Crippen LogP contribution in [-0.2, 0) is 9.59 Å². The van der Waals surface area contributed by atoms with Gasteiger partial charge in [-0.15, -0.1) is 12.3 Å². The summed E-state index contributed by atoms with van der Waals surface area (Å²) >= 11 is 0. The van der Waals surface area contributed by atoms with Crippen LogP contribution in [0.3, 0.4) is 0 Å². The van der Waals surface area contributed by atoms with Crippen LogP contribution in [-0.4, -0.2) is 24.3 Å². The predicted octanol–water partition coefficient (Wildman–Crippen LogP) is 2.22. The summed E-state index contributed by atoms with van der Waals surface area (Å²) in [5, 5.41) is 5.68. The minimum Gasteiger partial charge on any atom is -0.422 e. The number of carbonyl (C=O) groups excluding carboxylic acids is 3. The second-order valence-corrected chi connectivity index (χ2v) is 7.66. The summed E-state index contributed by atoms with van der Waals surface area (Å²) in [5.74, 6) is 1.25. The molecule has 154 valence electrons. The Morgan fingerprint density at radius 1 is 1.23 bits per heavy atom. The fourth-order valence-electron chi connectivity index (χ4n) is 3.75. The van der Waals surface area contributed by atoms with Gasteiger partial charge in [0.15, 0.2) is 0 Å². The molecule has 1 aromatic carbocycles. The Bertz CT molecular complexity index is 1140. The van der Waals surface area contributed by atoms with Crippen LogP contribution >= 0.6 is 0 Å². The molecule has 1 aliphatic carbocycles. The molecule has 1 saturated carbocycles. The molecule has 7 nitrogen and oxygen atoms in total. The number of fused-ring (bicyclic) bond motifs is 1. The van der Waals surface area contributed by atoms with E-state index in [2.05, 4.69) is 23.1 Å². The number of hydrogen-bond donors (Lipinski definition) is 2. The Labute approximate surface area is 173 Å². The molecule has 1 fully saturated rings. The van der Waals surface area contributed by atoms with E-state index >= 15 is 0 Å². The summed E-state index contributed by atoms with van der Waals surface area (Å²) in [6.07, 6.45) is 6.09. The number of benzene rings is 1. The summed E-state index contributed by atoms with van der Waals surface area (Å²) in [6, 6.07) is 6.75. The van der Waals surface area contributed by atoms with Crippen LogP contribution in [0.25, 0.3) is 11.0 Å². The lowest BCUT2D eigenvalue weighted by Crippen LogP contribution is -2.48. The smallest absolute Gasteiger partial charge is 0.349 e. The monoisotopic (exact) mass is 406 g/mol. The van der Waals surface area contributed by atoms with Crippen molar-refractivity contribution < 1.29 is 18.8 Å². The van der Waals surface area contributed by atoms with Gasteiger partial charge in [0, 0.05) is 24.6 Å². The Morgan fingerprint density at radius 3 is 2.70 bits per heavy atom. The molecule has 1 unspecified atom stereocenters. The largest absolute Gasteiger partial charge is 0.422 e. The molecule has 0 spiro atoms. The van der Waals surface area contributed by atoms with Crippen molar-refractivity contribution in [1.29, 1.82) is 0 Å². The number of ketones is 1. The van der Waals surface area contributed by atoms with Gasteiger partial charge in [0.1, 0.15) is 16.9 Å². The molecule has 1 heterocycles. The van der Waals surface area contributed by atoms with E-state index in [0.29, 0.717) is 23.0 Å². The van der Waals surface area contributed by atoms with Crippen molar-refractivity contribution in [2.24, 2.45) is 5.41 Å². The average molecular weight is 406 g/mol. The predicted molar refractivity (Wildman–Crippen MR) is 112 cm³/mol. The molecule has 2 N–H and O–H groups in total. The van der Waals surface area contributed by atoms with Crippen LogP contribution in [0, 0.1) is 24.7 Å². The zero-order valence-electron chi connectivity index (χ0n) is 16.7. The lowest BCUT2D eigenvalue weighted by atomic mass is 9.69. The molecule has 7 heteroatoms. The number of amides is 2. The van der Waals surface area contributed by atoms with Crippen LogP contribution < -0.4 is 16.3 Å². The highest BCUT2D eigenvalue weighted by Gasteiger charge is 2.43. The molecule has 0 aliphatic heterocycles. The van der Waals surface area contributed by atoms with E-state index in [9.17, 15) is 19.2 Å². The Kier molecular flexibility index (Phi) is 5.88. The number of terminal acetylenes is 1. The first-order valence-electron chi connectivity index (χ1n) is 9.47.